The topological polar surface area (TPSA) is 83.9 Å². The van der Waals surface area contributed by atoms with Crippen LogP contribution in [0.3, 0.4) is 0 Å². The van der Waals surface area contributed by atoms with Crippen molar-refractivity contribution in [3.63, 3.8) is 0 Å². The van der Waals surface area contributed by atoms with Crippen molar-refractivity contribution >= 4 is 20.7 Å². The molecule has 8 heteroatoms. The fourth-order valence-electron chi connectivity index (χ4n) is 6.57. The van der Waals surface area contributed by atoms with Crippen molar-refractivity contribution in [3.05, 3.63) is 35.7 Å². The number of likely N-dealkylation sites (tertiary alicyclic amines) is 1. The minimum atomic E-state index is -2.85. The van der Waals surface area contributed by atoms with Gasteiger partial charge < -0.3 is 0 Å². The molecule has 0 amide bonds. The number of aromatic amines is 1. The molecule has 2 saturated heterocycles. The van der Waals surface area contributed by atoms with Crippen LogP contribution in [0.15, 0.2) is 24.5 Å². The maximum Gasteiger partial charge on any atom is 0.151 e. The number of rotatable bonds is 3. The summed E-state index contributed by atoms with van der Waals surface area (Å²) in [6.45, 7) is 4.34. The van der Waals surface area contributed by atoms with Crippen LogP contribution in [0, 0.1) is 18.8 Å². The fourth-order valence-corrected chi connectivity index (χ4v) is 8.30. The van der Waals surface area contributed by atoms with E-state index in [1.54, 1.807) is 0 Å². The lowest BCUT2D eigenvalue weighted by molar-refractivity contribution is 0.223. The van der Waals surface area contributed by atoms with Gasteiger partial charge in [0.05, 0.1) is 23.2 Å². The monoisotopic (exact) mass is 453 g/mol. The number of benzene rings is 1. The second-order valence-corrected chi connectivity index (χ2v) is 12.5. The summed E-state index contributed by atoms with van der Waals surface area (Å²) >= 11 is 0. The maximum absolute atomic E-state index is 12.1. The van der Waals surface area contributed by atoms with Crippen molar-refractivity contribution in [2.24, 2.45) is 18.9 Å². The van der Waals surface area contributed by atoms with Crippen LogP contribution in [-0.2, 0) is 16.9 Å². The summed E-state index contributed by atoms with van der Waals surface area (Å²) < 4.78 is 26.0. The van der Waals surface area contributed by atoms with Gasteiger partial charge in [0.2, 0.25) is 0 Å². The molecule has 4 atom stereocenters. The number of hydrogen-bond donors (Lipinski definition) is 1. The molecule has 3 aliphatic rings. The van der Waals surface area contributed by atoms with Crippen molar-refractivity contribution in [1.29, 1.82) is 0 Å². The number of nitrogens with one attached hydrogen (secondary N) is 1. The van der Waals surface area contributed by atoms with Gasteiger partial charge in [0.15, 0.2) is 9.84 Å². The van der Waals surface area contributed by atoms with Crippen molar-refractivity contribution in [2.45, 2.75) is 44.6 Å². The van der Waals surface area contributed by atoms with Gasteiger partial charge in [-0.05, 0) is 73.6 Å². The van der Waals surface area contributed by atoms with Gasteiger partial charge in [0.1, 0.15) is 5.69 Å². The number of nitrogens with zero attached hydrogens (tertiary/aromatic N) is 4. The number of fused-ring (bicyclic) bond motifs is 2. The van der Waals surface area contributed by atoms with Crippen LogP contribution < -0.4 is 0 Å². The predicted octanol–water partition coefficient (Wildman–Crippen LogP) is 3.27. The first-order valence-corrected chi connectivity index (χ1v) is 13.6. The molecular formula is C24H31N5O2S. The minimum Gasteiger partial charge on any atom is -0.299 e. The van der Waals surface area contributed by atoms with E-state index >= 15 is 0 Å². The van der Waals surface area contributed by atoms with Crippen LogP contribution in [0.5, 0.6) is 0 Å². The van der Waals surface area contributed by atoms with Crippen LogP contribution in [0.2, 0.25) is 0 Å². The SMILES string of the molecule is Cc1cc2[nH]nc(-c3cnn(C)c3)c2cc1C1C[C@@H]2CN(C3CCCS(=O)(=O)C3)C[C@@H]2C1. The number of hydrogen-bond acceptors (Lipinski definition) is 5. The zero-order chi connectivity index (χ0) is 22.0. The van der Waals surface area contributed by atoms with E-state index in [-0.39, 0.29) is 6.04 Å². The second kappa shape index (κ2) is 7.42. The van der Waals surface area contributed by atoms with Gasteiger partial charge in [-0.25, -0.2) is 8.42 Å². The molecule has 7 nitrogen and oxygen atoms in total. The molecule has 6 rings (SSSR count). The minimum absolute atomic E-state index is 0.240. The van der Waals surface area contributed by atoms with Gasteiger partial charge in [0, 0.05) is 43.3 Å². The number of sulfone groups is 1. The molecule has 0 spiro atoms. The highest BCUT2D eigenvalue weighted by atomic mass is 32.2. The van der Waals surface area contributed by atoms with Crippen molar-refractivity contribution in [2.75, 3.05) is 24.6 Å². The van der Waals surface area contributed by atoms with Crippen LogP contribution in [0.4, 0.5) is 0 Å². The molecule has 1 N–H and O–H groups in total. The van der Waals surface area contributed by atoms with E-state index in [1.807, 2.05) is 24.1 Å². The Morgan fingerprint density at radius 2 is 1.94 bits per heavy atom. The fraction of sp³-hybridized carbons (Fsp3) is 0.583. The number of H-pyrrole nitrogens is 1. The van der Waals surface area contributed by atoms with E-state index in [2.05, 4.69) is 39.3 Å². The molecular weight excluding hydrogens is 422 g/mol. The normalized spacial score (nSPS) is 30.2. The zero-order valence-corrected chi connectivity index (χ0v) is 19.6. The third-order valence-corrected chi connectivity index (χ3v) is 9.91. The first-order chi connectivity index (χ1) is 15.4. The molecule has 1 aliphatic carbocycles. The lowest BCUT2D eigenvalue weighted by Gasteiger charge is -2.31. The largest absolute Gasteiger partial charge is 0.299 e. The van der Waals surface area contributed by atoms with Gasteiger partial charge in [-0.1, -0.05) is 0 Å². The van der Waals surface area contributed by atoms with Gasteiger partial charge in [-0.2, -0.15) is 10.2 Å². The smallest absolute Gasteiger partial charge is 0.151 e. The van der Waals surface area contributed by atoms with E-state index in [0.29, 0.717) is 29.3 Å². The average Bonchev–Trinajstić information content (AvgIpc) is 3.48. The Hall–Kier alpha value is -2.19. The summed E-state index contributed by atoms with van der Waals surface area (Å²) in [4.78, 5) is 2.49. The predicted molar refractivity (Wildman–Crippen MR) is 125 cm³/mol. The molecule has 0 radical (unpaired) electrons. The Balaban J connectivity index is 1.22. The Labute approximate surface area is 189 Å². The molecule has 2 aliphatic heterocycles. The van der Waals surface area contributed by atoms with E-state index in [1.165, 1.54) is 29.4 Å². The van der Waals surface area contributed by atoms with Gasteiger partial charge in [0.25, 0.3) is 0 Å². The molecule has 1 saturated carbocycles. The lowest BCUT2D eigenvalue weighted by atomic mass is 9.90. The third kappa shape index (κ3) is 3.48. The van der Waals surface area contributed by atoms with E-state index in [4.69, 9.17) is 0 Å². The summed E-state index contributed by atoms with van der Waals surface area (Å²) in [5.74, 6) is 2.68. The summed E-state index contributed by atoms with van der Waals surface area (Å²) in [6.07, 6.45) is 8.14. The van der Waals surface area contributed by atoms with Gasteiger partial charge in [-0.15, -0.1) is 0 Å². The molecule has 2 unspecified atom stereocenters. The number of aromatic nitrogens is 4. The summed E-state index contributed by atoms with van der Waals surface area (Å²) in [5, 5.41) is 13.3. The van der Waals surface area contributed by atoms with Crippen molar-refractivity contribution < 1.29 is 8.42 Å². The molecule has 3 fully saturated rings. The van der Waals surface area contributed by atoms with Crippen molar-refractivity contribution in [3.8, 4) is 11.3 Å². The highest BCUT2D eigenvalue weighted by molar-refractivity contribution is 7.91. The van der Waals surface area contributed by atoms with Crippen LogP contribution in [0.1, 0.15) is 42.7 Å². The standard InChI is InChI=1S/C24H31N5O2S/c1-15-6-23-22(24(27-26-23)19-10-25-28(2)11-19)9-21(15)16-7-17-12-29(13-18(17)8-16)20-4-3-5-32(30,31)14-20/h6,9-11,16-18,20H,3-5,7-8,12-14H2,1-2H3,(H,26,27)/t16?,17-,18+,20?. The molecule has 3 aromatic rings. The lowest BCUT2D eigenvalue weighted by Crippen LogP contribution is -2.42. The first-order valence-electron chi connectivity index (χ1n) is 11.8. The Morgan fingerprint density at radius 1 is 1.16 bits per heavy atom. The molecule has 0 bridgehead atoms. The van der Waals surface area contributed by atoms with E-state index in [0.717, 1.165) is 42.7 Å². The summed E-state index contributed by atoms with van der Waals surface area (Å²) in [6, 6.07) is 4.84. The number of aryl methyl sites for hydroxylation is 2. The maximum atomic E-state index is 12.1. The quantitative estimate of drug-likeness (QED) is 0.658. The van der Waals surface area contributed by atoms with Crippen molar-refractivity contribution in [1.82, 2.24) is 24.9 Å². The average molecular weight is 454 g/mol. The molecule has 1 aromatic carbocycles. The molecule has 32 heavy (non-hydrogen) atoms. The van der Waals surface area contributed by atoms with Crippen LogP contribution in [-0.4, -0.2) is 63.9 Å². The van der Waals surface area contributed by atoms with Gasteiger partial charge in [-0.3, -0.25) is 14.7 Å². The Bertz CT molecular complexity index is 1260. The highest BCUT2D eigenvalue weighted by Gasteiger charge is 2.44. The highest BCUT2D eigenvalue weighted by Crippen LogP contribution is 2.48. The van der Waals surface area contributed by atoms with E-state index in [9.17, 15) is 8.42 Å². The molecule has 170 valence electrons. The zero-order valence-electron chi connectivity index (χ0n) is 18.8. The Morgan fingerprint density at radius 3 is 2.62 bits per heavy atom. The third-order valence-electron chi connectivity index (χ3n) is 8.10. The van der Waals surface area contributed by atoms with Crippen LogP contribution in [0.25, 0.3) is 22.2 Å². The van der Waals surface area contributed by atoms with E-state index < -0.39 is 9.84 Å². The summed E-state index contributed by atoms with van der Waals surface area (Å²) in [7, 11) is -0.922. The van der Waals surface area contributed by atoms with Gasteiger partial charge >= 0.3 is 0 Å². The molecule has 2 aromatic heterocycles. The molecule has 4 heterocycles. The Kier molecular flexibility index (Phi) is 4.73. The van der Waals surface area contributed by atoms with Crippen LogP contribution >= 0.6 is 0 Å². The second-order valence-electron chi connectivity index (χ2n) is 10.3. The summed E-state index contributed by atoms with van der Waals surface area (Å²) in [5.41, 5.74) is 5.87. The first kappa shape index (κ1) is 20.4.